The van der Waals surface area contributed by atoms with Crippen LogP contribution in [0.4, 0.5) is 0 Å². The molecule has 2 atom stereocenters. The molecular weight excluding hydrogens is 232 g/mol. The summed E-state index contributed by atoms with van der Waals surface area (Å²) in [6.07, 6.45) is 3.21. The lowest BCUT2D eigenvalue weighted by Gasteiger charge is -2.33. The first kappa shape index (κ1) is 13.3. The van der Waals surface area contributed by atoms with E-state index < -0.39 is 0 Å². The molecular formula is C13H22N2O3. The molecule has 0 spiro atoms. The summed E-state index contributed by atoms with van der Waals surface area (Å²) in [5.74, 6) is 0.187. The van der Waals surface area contributed by atoms with Gasteiger partial charge in [-0.25, -0.2) is 0 Å². The molecule has 2 rings (SSSR count). The predicted octanol–water partition coefficient (Wildman–Crippen LogP) is 0.540. The minimum Gasteiger partial charge on any atom is -0.377 e. The van der Waals surface area contributed by atoms with Crippen molar-refractivity contribution in [2.45, 2.75) is 38.7 Å². The van der Waals surface area contributed by atoms with Crippen LogP contribution in [0.15, 0.2) is 0 Å². The van der Waals surface area contributed by atoms with Gasteiger partial charge >= 0.3 is 0 Å². The van der Waals surface area contributed by atoms with Gasteiger partial charge in [0.15, 0.2) is 0 Å². The molecule has 0 aromatic carbocycles. The molecule has 1 N–H and O–H groups in total. The highest BCUT2D eigenvalue weighted by atomic mass is 16.5. The highest BCUT2D eigenvalue weighted by Crippen LogP contribution is 2.25. The van der Waals surface area contributed by atoms with Crippen molar-refractivity contribution in [3.05, 3.63) is 0 Å². The maximum Gasteiger partial charge on any atom is 0.228 e. The first-order valence-electron chi connectivity index (χ1n) is 6.89. The molecule has 0 unspecified atom stereocenters. The van der Waals surface area contributed by atoms with Gasteiger partial charge in [-0.2, -0.15) is 0 Å². The van der Waals surface area contributed by atoms with E-state index in [9.17, 15) is 9.59 Å². The van der Waals surface area contributed by atoms with Gasteiger partial charge in [0.2, 0.25) is 11.8 Å². The fraction of sp³-hybridized carbons (Fsp3) is 0.846. The van der Waals surface area contributed by atoms with Crippen molar-refractivity contribution in [1.82, 2.24) is 10.2 Å². The topological polar surface area (TPSA) is 58.6 Å². The fourth-order valence-corrected chi connectivity index (χ4v) is 2.75. The van der Waals surface area contributed by atoms with Crippen molar-refractivity contribution in [2.75, 3.05) is 26.2 Å². The Bertz CT molecular complexity index is 319. The number of carbonyl (C=O) groups is 2. The maximum absolute atomic E-state index is 12.5. The molecule has 0 saturated carbocycles. The summed E-state index contributed by atoms with van der Waals surface area (Å²) >= 11 is 0. The van der Waals surface area contributed by atoms with Crippen LogP contribution in [0.5, 0.6) is 0 Å². The van der Waals surface area contributed by atoms with Crippen LogP contribution < -0.4 is 5.32 Å². The third-order valence-corrected chi connectivity index (χ3v) is 3.78. The second-order valence-corrected chi connectivity index (χ2v) is 4.99. The lowest BCUT2D eigenvalue weighted by Crippen LogP contribution is -2.45. The molecule has 2 aliphatic heterocycles. The van der Waals surface area contributed by atoms with Crippen molar-refractivity contribution in [3.8, 4) is 0 Å². The second kappa shape index (κ2) is 6.18. The predicted molar refractivity (Wildman–Crippen MR) is 67.0 cm³/mol. The summed E-state index contributed by atoms with van der Waals surface area (Å²) in [6, 6.07) is 0. The largest absolute Gasteiger partial charge is 0.377 e. The Hall–Kier alpha value is -1.10. The molecule has 2 heterocycles. The summed E-state index contributed by atoms with van der Waals surface area (Å²) in [5, 5.41) is 2.79. The van der Waals surface area contributed by atoms with Gasteiger partial charge in [-0.05, 0) is 19.3 Å². The van der Waals surface area contributed by atoms with Gasteiger partial charge in [0.25, 0.3) is 0 Å². The quantitative estimate of drug-likeness (QED) is 0.782. The first-order chi connectivity index (χ1) is 8.72. The minimum absolute atomic E-state index is 0.0167. The number of nitrogens with one attached hydrogen (secondary N) is 1. The van der Waals surface area contributed by atoms with E-state index in [1.165, 1.54) is 0 Å². The number of hydrogen-bond acceptors (Lipinski definition) is 3. The number of hydrogen-bond donors (Lipinski definition) is 1. The monoisotopic (exact) mass is 254 g/mol. The van der Waals surface area contributed by atoms with Crippen LogP contribution in [0.2, 0.25) is 0 Å². The van der Waals surface area contributed by atoms with Crippen LogP contribution in [-0.2, 0) is 14.3 Å². The third-order valence-electron chi connectivity index (χ3n) is 3.78. The zero-order chi connectivity index (χ0) is 13.0. The molecule has 0 bridgehead atoms. The van der Waals surface area contributed by atoms with E-state index in [4.69, 9.17) is 4.74 Å². The van der Waals surface area contributed by atoms with Crippen molar-refractivity contribution in [1.29, 1.82) is 0 Å². The van der Waals surface area contributed by atoms with E-state index in [1.807, 2.05) is 4.90 Å². The smallest absolute Gasteiger partial charge is 0.228 e. The Kier molecular flexibility index (Phi) is 4.58. The van der Waals surface area contributed by atoms with E-state index in [1.54, 1.807) is 0 Å². The number of rotatable bonds is 2. The van der Waals surface area contributed by atoms with Gasteiger partial charge in [-0.1, -0.05) is 6.92 Å². The molecule has 102 valence electrons. The molecule has 2 fully saturated rings. The molecule has 0 aliphatic carbocycles. The maximum atomic E-state index is 12.5. The normalized spacial score (nSPS) is 29.6. The average Bonchev–Trinajstić information content (AvgIpc) is 2.62. The van der Waals surface area contributed by atoms with E-state index in [0.717, 1.165) is 25.9 Å². The van der Waals surface area contributed by atoms with E-state index >= 15 is 0 Å². The molecule has 2 amide bonds. The van der Waals surface area contributed by atoms with E-state index in [0.29, 0.717) is 26.1 Å². The molecule has 2 aliphatic rings. The Morgan fingerprint density at radius 1 is 1.50 bits per heavy atom. The number of ether oxygens (including phenoxy) is 1. The number of carbonyl (C=O) groups excluding carboxylic acids is 2. The molecule has 18 heavy (non-hydrogen) atoms. The van der Waals surface area contributed by atoms with Crippen molar-refractivity contribution in [3.63, 3.8) is 0 Å². The van der Waals surface area contributed by atoms with Gasteiger partial charge in [-0.3, -0.25) is 9.59 Å². The lowest BCUT2D eigenvalue weighted by molar-refractivity contribution is -0.145. The van der Waals surface area contributed by atoms with Crippen LogP contribution in [0.3, 0.4) is 0 Å². The van der Waals surface area contributed by atoms with Crippen molar-refractivity contribution in [2.24, 2.45) is 5.92 Å². The summed E-state index contributed by atoms with van der Waals surface area (Å²) in [7, 11) is 0. The van der Waals surface area contributed by atoms with Gasteiger partial charge in [0.05, 0.1) is 12.0 Å². The second-order valence-electron chi connectivity index (χ2n) is 4.99. The molecule has 5 heteroatoms. The van der Waals surface area contributed by atoms with Crippen molar-refractivity contribution < 1.29 is 14.3 Å². The standard InChI is InChI=1S/C13H22N2O3/c1-2-11-10(4-3-9-18-11)13(17)15-7-5-12(16)14-6-8-15/h10-11H,2-9H2,1H3,(H,14,16)/t10-,11-/m0/s1. The Labute approximate surface area is 108 Å². The van der Waals surface area contributed by atoms with Gasteiger partial charge in [0, 0.05) is 32.7 Å². The Morgan fingerprint density at radius 2 is 2.33 bits per heavy atom. The fourth-order valence-electron chi connectivity index (χ4n) is 2.75. The van der Waals surface area contributed by atoms with Crippen LogP contribution in [0, 0.1) is 5.92 Å². The molecule has 0 radical (unpaired) electrons. The van der Waals surface area contributed by atoms with E-state index in [-0.39, 0.29) is 23.8 Å². The minimum atomic E-state index is -0.0167. The van der Waals surface area contributed by atoms with Crippen LogP contribution in [-0.4, -0.2) is 49.1 Å². The zero-order valence-electron chi connectivity index (χ0n) is 11.0. The van der Waals surface area contributed by atoms with Crippen LogP contribution >= 0.6 is 0 Å². The average molecular weight is 254 g/mol. The highest BCUT2D eigenvalue weighted by molar-refractivity contribution is 5.82. The van der Waals surface area contributed by atoms with Gasteiger partial charge in [0.1, 0.15) is 0 Å². The number of amides is 2. The number of nitrogens with zero attached hydrogens (tertiary/aromatic N) is 1. The summed E-state index contributed by atoms with van der Waals surface area (Å²) in [4.78, 5) is 25.6. The molecule has 0 aromatic heterocycles. The molecule has 0 aromatic rings. The summed E-state index contributed by atoms with van der Waals surface area (Å²) in [6.45, 7) is 4.55. The highest BCUT2D eigenvalue weighted by Gasteiger charge is 2.34. The summed E-state index contributed by atoms with van der Waals surface area (Å²) in [5.41, 5.74) is 0. The zero-order valence-corrected chi connectivity index (χ0v) is 11.0. The van der Waals surface area contributed by atoms with Gasteiger partial charge in [-0.15, -0.1) is 0 Å². The Morgan fingerprint density at radius 3 is 3.11 bits per heavy atom. The van der Waals surface area contributed by atoms with Crippen LogP contribution in [0.1, 0.15) is 32.6 Å². The SMILES string of the molecule is CC[C@@H]1OCCC[C@@H]1C(=O)N1CCNC(=O)CC1. The Balaban J connectivity index is 1.98. The molecule has 2 saturated heterocycles. The van der Waals surface area contributed by atoms with E-state index in [2.05, 4.69) is 12.2 Å². The van der Waals surface area contributed by atoms with Crippen LogP contribution in [0.25, 0.3) is 0 Å². The van der Waals surface area contributed by atoms with Crippen molar-refractivity contribution >= 4 is 11.8 Å². The third kappa shape index (κ3) is 3.02. The molecule has 5 nitrogen and oxygen atoms in total. The first-order valence-corrected chi connectivity index (χ1v) is 6.89. The van der Waals surface area contributed by atoms with Gasteiger partial charge < -0.3 is 15.0 Å². The summed E-state index contributed by atoms with van der Waals surface area (Å²) < 4.78 is 5.67. The lowest BCUT2D eigenvalue weighted by atomic mass is 9.91.